The summed E-state index contributed by atoms with van der Waals surface area (Å²) in [5.74, 6) is 0.678. The number of hydrogen-bond donors (Lipinski definition) is 2. The van der Waals surface area contributed by atoms with Gasteiger partial charge < -0.3 is 20.5 Å². The summed E-state index contributed by atoms with van der Waals surface area (Å²) in [6.07, 6.45) is 1.28. The maximum atomic E-state index is 12.7. The lowest BCUT2D eigenvalue weighted by Gasteiger charge is -2.34. The first kappa shape index (κ1) is 19.7. The van der Waals surface area contributed by atoms with Gasteiger partial charge in [0.15, 0.2) is 5.13 Å². The van der Waals surface area contributed by atoms with Crippen molar-refractivity contribution in [2.75, 3.05) is 32.2 Å². The number of rotatable bonds is 5. The Morgan fingerprint density at radius 3 is 2.80 bits per heavy atom. The molecule has 1 fully saturated rings. The van der Waals surface area contributed by atoms with Crippen LogP contribution in [-0.4, -0.2) is 37.8 Å². The molecule has 1 amide bonds. The molecule has 1 aliphatic rings. The Balaban J connectivity index is 0.00000225. The fourth-order valence-electron chi connectivity index (χ4n) is 2.83. The molecular formula is C17H22ClN3O3S. The quantitative estimate of drug-likeness (QED) is 0.828. The predicted octanol–water partition coefficient (Wildman–Crippen LogP) is 2.93. The minimum atomic E-state index is -0.561. The molecule has 6 nitrogen and oxygen atoms in total. The molecule has 3 N–H and O–H groups in total. The maximum Gasteiger partial charge on any atom is 0.233 e. The average Bonchev–Trinajstić information content (AvgIpc) is 3.10. The van der Waals surface area contributed by atoms with E-state index < -0.39 is 5.41 Å². The molecular weight excluding hydrogens is 362 g/mol. The molecule has 1 aliphatic heterocycles. The largest absolute Gasteiger partial charge is 0.496 e. The van der Waals surface area contributed by atoms with Crippen LogP contribution in [0, 0.1) is 5.41 Å². The van der Waals surface area contributed by atoms with E-state index in [4.69, 9.17) is 15.2 Å². The van der Waals surface area contributed by atoms with E-state index in [2.05, 4.69) is 10.3 Å². The number of benzene rings is 1. The van der Waals surface area contributed by atoms with Gasteiger partial charge in [-0.25, -0.2) is 4.98 Å². The molecule has 0 saturated carbocycles. The summed E-state index contributed by atoms with van der Waals surface area (Å²) in [7, 11) is 1.63. The highest BCUT2D eigenvalue weighted by atomic mass is 35.5. The zero-order valence-corrected chi connectivity index (χ0v) is 15.6. The van der Waals surface area contributed by atoms with Crippen LogP contribution < -0.4 is 15.8 Å². The number of nitrogens with one attached hydrogen (secondary N) is 1. The lowest BCUT2D eigenvalue weighted by atomic mass is 9.79. The summed E-state index contributed by atoms with van der Waals surface area (Å²) in [4.78, 5) is 17.2. The molecule has 25 heavy (non-hydrogen) atoms. The summed E-state index contributed by atoms with van der Waals surface area (Å²) in [5, 5.41) is 5.40. The van der Waals surface area contributed by atoms with Gasteiger partial charge in [-0.2, -0.15) is 0 Å². The standard InChI is InChI=1S/C17H21N3O3S.ClH/c1-22-14-5-3-2-4-12(14)13-10-24-16(19-13)20-15(21)17(11-18)6-8-23-9-7-17;/h2-5,10H,6-9,11,18H2,1H3,(H,19,20,21);1H. The number of aromatic nitrogens is 1. The van der Waals surface area contributed by atoms with Gasteiger partial charge in [-0.3, -0.25) is 4.79 Å². The van der Waals surface area contributed by atoms with E-state index in [0.717, 1.165) is 17.0 Å². The van der Waals surface area contributed by atoms with Crippen molar-refractivity contribution in [3.8, 4) is 17.0 Å². The molecule has 0 radical (unpaired) electrons. The van der Waals surface area contributed by atoms with Gasteiger partial charge in [-0.1, -0.05) is 12.1 Å². The second kappa shape index (κ2) is 8.62. The van der Waals surface area contributed by atoms with Gasteiger partial charge in [0.25, 0.3) is 0 Å². The monoisotopic (exact) mass is 383 g/mol. The summed E-state index contributed by atoms with van der Waals surface area (Å²) in [6, 6.07) is 7.67. The summed E-state index contributed by atoms with van der Waals surface area (Å²) >= 11 is 1.39. The fourth-order valence-corrected chi connectivity index (χ4v) is 3.53. The number of carbonyl (C=O) groups excluding carboxylic acids is 1. The van der Waals surface area contributed by atoms with Crippen LogP contribution in [-0.2, 0) is 9.53 Å². The first-order chi connectivity index (χ1) is 11.7. The molecule has 136 valence electrons. The van der Waals surface area contributed by atoms with Gasteiger partial charge in [0.2, 0.25) is 5.91 Å². The Morgan fingerprint density at radius 1 is 1.40 bits per heavy atom. The van der Waals surface area contributed by atoms with Gasteiger partial charge in [0.1, 0.15) is 5.75 Å². The van der Waals surface area contributed by atoms with E-state index in [1.54, 1.807) is 7.11 Å². The first-order valence-corrected chi connectivity index (χ1v) is 8.75. The number of hydrogen-bond acceptors (Lipinski definition) is 6. The Morgan fingerprint density at radius 2 is 2.12 bits per heavy atom. The van der Waals surface area contributed by atoms with Crippen molar-refractivity contribution < 1.29 is 14.3 Å². The third kappa shape index (κ3) is 4.12. The number of amides is 1. The van der Waals surface area contributed by atoms with Crippen LogP contribution in [0.25, 0.3) is 11.3 Å². The predicted molar refractivity (Wildman–Crippen MR) is 102 cm³/mol. The number of nitrogens with zero attached hydrogens (tertiary/aromatic N) is 1. The van der Waals surface area contributed by atoms with Gasteiger partial charge in [-0.05, 0) is 25.0 Å². The maximum absolute atomic E-state index is 12.7. The molecule has 0 unspecified atom stereocenters. The van der Waals surface area contributed by atoms with Crippen LogP contribution in [0.2, 0.25) is 0 Å². The van der Waals surface area contributed by atoms with Crippen molar-refractivity contribution in [1.29, 1.82) is 0 Å². The summed E-state index contributed by atoms with van der Waals surface area (Å²) in [5.41, 5.74) is 6.99. The Bertz CT molecular complexity index is 717. The van der Waals surface area contributed by atoms with Crippen molar-refractivity contribution >= 4 is 34.8 Å². The molecule has 0 spiro atoms. The fraction of sp³-hybridized carbons (Fsp3) is 0.412. The minimum absolute atomic E-state index is 0. The van der Waals surface area contributed by atoms with E-state index in [1.807, 2.05) is 29.6 Å². The zero-order chi connectivity index (χ0) is 17.0. The number of nitrogens with two attached hydrogens (primary N) is 1. The van der Waals surface area contributed by atoms with Gasteiger partial charge >= 0.3 is 0 Å². The highest BCUT2D eigenvalue weighted by Gasteiger charge is 2.39. The summed E-state index contributed by atoms with van der Waals surface area (Å²) < 4.78 is 10.7. The van der Waals surface area contributed by atoms with E-state index in [1.165, 1.54) is 11.3 Å². The SMILES string of the molecule is COc1ccccc1-c1csc(NC(=O)C2(CN)CCOCC2)n1.Cl. The van der Waals surface area contributed by atoms with E-state index >= 15 is 0 Å². The molecule has 0 aliphatic carbocycles. The van der Waals surface area contributed by atoms with Crippen LogP contribution in [0.4, 0.5) is 5.13 Å². The summed E-state index contributed by atoms with van der Waals surface area (Å²) in [6.45, 7) is 1.44. The number of methoxy groups -OCH3 is 1. The molecule has 1 saturated heterocycles. The smallest absolute Gasteiger partial charge is 0.233 e. The number of para-hydroxylation sites is 1. The van der Waals surface area contributed by atoms with Crippen LogP contribution in [0.3, 0.4) is 0 Å². The van der Waals surface area contributed by atoms with Gasteiger partial charge in [0.05, 0.1) is 18.2 Å². The highest BCUT2D eigenvalue weighted by molar-refractivity contribution is 7.14. The van der Waals surface area contributed by atoms with Crippen molar-refractivity contribution in [3.63, 3.8) is 0 Å². The van der Waals surface area contributed by atoms with Gasteiger partial charge in [0, 0.05) is 30.7 Å². The normalized spacial score (nSPS) is 15.9. The van der Waals surface area contributed by atoms with Crippen LogP contribution in [0.1, 0.15) is 12.8 Å². The lowest BCUT2D eigenvalue weighted by molar-refractivity contribution is -0.130. The number of ether oxygens (including phenoxy) is 2. The molecule has 8 heteroatoms. The van der Waals surface area contributed by atoms with Crippen molar-refractivity contribution in [1.82, 2.24) is 4.98 Å². The second-order valence-electron chi connectivity index (χ2n) is 5.79. The molecule has 0 atom stereocenters. The van der Waals surface area contributed by atoms with Crippen molar-refractivity contribution in [3.05, 3.63) is 29.6 Å². The Kier molecular flexibility index (Phi) is 6.78. The van der Waals surface area contributed by atoms with Crippen LogP contribution >= 0.6 is 23.7 Å². The Hall–Kier alpha value is -1.67. The van der Waals surface area contributed by atoms with Gasteiger partial charge in [-0.15, -0.1) is 23.7 Å². The zero-order valence-electron chi connectivity index (χ0n) is 14.0. The molecule has 0 bridgehead atoms. The van der Waals surface area contributed by atoms with E-state index in [9.17, 15) is 4.79 Å². The number of thiazole rings is 1. The average molecular weight is 384 g/mol. The second-order valence-corrected chi connectivity index (χ2v) is 6.65. The minimum Gasteiger partial charge on any atom is -0.496 e. The van der Waals surface area contributed by atoms with Crippen LogP contribution in [0.5, 0.6) is 5.75 Å². The number of anilines is 1. The molecule has 2 heterocycles. The first-order valence-electron chi connectivity index (χ1n) is 7.87. The van der Waals surface area contributed by atoms with Crippen molar-refractivity contribution in [2.24, 2.45) is 11.1 Å². The van der Waals surface area contributed by atoms with E-state index in [0.29, 0.717) is 37.7 Å². The third-order valence-electron chi connectivity index (χ3n) is 4.43. The number of halogens is 1. The third-order valence-corrected chi connectivity index (χ3v) is 5.19. The molecule has 2 aromatic rings. The molecule has 1 aromatic heterocycles. The van der Waals surface area contributed by atoms with E-state index in [-0.39, 0.29) is 18.3 Å². The van der Waals surface area contributed by atoms with Crippen molar-refractivity contribution in [2.45, 2.75) is 12.8 Å². The van der Waals surface area contributed by atoms with Crippen LogP contribution in [0.15, 0.2) is 29.6 Å². The lowest BCUT2D eigenvalue weighted by Crippen LogP contribution is -2.46. The highest BCUT2D eigenvalue weighted by Crippen LogP contribution is 2.34. The number of carbonyl (C=O) groups is 1. The molecule has 1 aromatic carbocycles. The topological polar surface area (TPSA) is 86.5 Å². The molecule has 3 rings (SSSR count). The Labute approximate surface area is 157 Å².